The van der Waals surface area contributed by atoms with Crippen LogP contribution in [0.2, 0.25) is 0 Å². The lowest BCUT2D eigenvalue weighted by atomic mass is 10.0. The molecule has 0 spiro atoms. The van der Waals surface area contributed by atoms with Crippen molar-refractivity contribution in [2.75, 3.05) is 6.61 Å². The fourth-order valence-electron chi connectivity index (χ4n) is 3.99. The summed E-state index contributed by atoms with van der Waals surface area (Å²) in [5, 5.41) is 9.81. The van der Waals surface area contributed by atoms with E-state index in [0.29, 0.717) is 11.1 Å². The Balaban J connectivity index is 1.34. The first-order chi connectivity index (χ1) is 14.7. The number of rotatable bonds is 5. The lowest BCUT2D eigenvalue weighted by Crippen LogP contribution is -2.50. The summed E-state index contributed by atoms with van der Waals surface area (Å²) in [6.45, 7) is -0.247. The van der Waals surface area contributed by atoms with E-state index in [0.717, 1.165) is 23.7 Å². The molecule has 30 heavy (non-hydrogen) atoms. The van der Waals surface area contributed by atoms with Crippen molar-refractivity contribution in [1.29, 1.82) is 0 Å². The van der Waals surface area contributed by atoms with E-state index in [2.05, 4.69) is 0 Å². The molecule has 8 nitrogen and oxygen atoms in total. The van der Waals surface area contributed by atoms with Crippen LogP contribution in [-0.4, -0.2) is 55.0 Å². The molecule has 0 amide bonds. The monoisotopic (exact) mass is 412 g/mol. The van der Waals surface area contributed by atoms with E-state index in [1.807, 2.05) is 0 Å². The molecule has 3 fully saturated rings. The van der Waals surface area contributed by atoms with E-state index in [1.165, 1.54) is 0 Å². The van der Waals surface area contributed by atoms with Crippen LogP contribution in [0.1, 0.15) is 44.4 Å². The molecule has 0 radical (unpaired) electrons. The number of aldehydes is 2. The summed E-state index contributed by atoms with van der Waals surface area (Å²) in [6, 6.07) is 13.8. The summed E-state index contributed by atoms with van der Waals surface area (Å²) >= 11 is 0. The van der Waals surface area contributed by atoms with Gasteiger partial charge in [-0.05, 0) is 0 Å². The quantitative estimate of drug-likeness (QED) is 0.744. The Morgan fingerprint density at radius 3 is 1.73 bits per heavy atom. The van der Waals surface area contributed by atoms with E-state index in [1.54, 1.807) is 48.5 Å². The Morgan fingerprint density at radius 1 is 0.667 bits per heavy atom. The van der Waals surface area contributed by atoms with Gasteiger partial charge in [0, 0.05) is 22.3 Å². The Morgan fingerprint density at radius 2 is 1.20 bits per heavy atom. The molecule has 0 saturated carbocycles. The standard InChI is InChI=1S/C22H20O8/c23-9-12-1-5-14(6-2-12)20-26-16(11-25)17-18(28-20)19-22(27-17)30-21(29-19)15-7-3-13(10-24)4-8-15/h1-10,16-22,25H,11H2. The summed E-state index contributed by atoms with van der Waals surface area (Å²) in [4.78, 5) is 21.7. The summed E-state index contributed by atoms with van der Waals surface area (Å²) in [5.74, 6) is 0. The van der Waals surface area contributed by atoms with Crippen LogP contribution in [0, 0.1) is 0 Å². The number of aliphatic hydroxyl groups is 1. The van der Waals surface area contributed by atoms with Crippen LogP contribution in [0.15, 0.2) is 48.5 Å². The first-order valence-corrected chi connectivity index (χ1v) is 9.68. The number of carbonyl (C=O) groups is 2. The summed E-state index contributed by atoms with van der Waals surface area (Å²) in [5.41, 5.74) is 2.60. The van der Waals surface area contributed by atoms with E-state index in [4.69, 9.17) is 23.7 Å². The van der Waals surface area contributed by atoms with Crippen molar-refractivity contribution in [2.24, 2.45) is 0 Å². The van der Waals surface area contributed by atoms with Crippen molar-refractivity contribution in [3.8, 4) is 0 Å². The Kier molecular flexibility index (Phi) is 5.20. The van der Waals surface area contributed by atoms with Crippen molar-refractivity contribution in [1.82, 2.24) is 0 Å². The second-order valence-corrected chi connectivity index (χ2v) is 7.40. The number of hydrogen-bond acceptors (Lipinski definition) is 8. The molecule has 2 aromatic rings. The molecule has 3 aliphatic rings. The van der Waals surface area contributed by atoms with Crippen LogP contribution in [-0.2, 0) is 23.7 Å². The van der Waals surface area contributed by atoms with Gasteiger partial charge in [0.1, 0.15) is 37.0 Å². The molecule has 3 saturated heterocycles. The molecule has 0 bridgehead atoms. The van der Waals surface area contributed by atoms with Crippen LogP contribution in [0.3, 0.4) is 0 Å². The zero-order chi connectivity index (χ0) is 20.7. The molecule has 2 aromatic carbocycles. The van der Waals surface area contributed by atoms with Gasteiger partial charge in [-0.2, -0.15) is 0 Å². The highest BCUT2D eigenvalue weighted by Crippen LogP contribution is 2.45. The summed E-state index contributed by atoms with van der Waals surface area (Å²) in [7, 11) is 0. The van der Waals surface area contributed by atoms with Crippen LogP contribution in [0.4, 0.5) is 0 Å². The van der Waals surface area contributed by atoms with Crippen LogP contribution in [0.5, 0.6) is 0 Å². The first kappa shape index (κ1) is 19.5. The fourth-order valence-corrected chi connectivity index (χ4v) is 3.99. The van der Waals surface area contributed by atoms with Gasteiger partial charge >= 0.3 is 0 Å². The highest BCUT2D eigenvalue weighted by Gasteiger charge is 2.58. The highest BCUT2D eigenvalue weighted by atomic mass is 16.8. The Bertz CT molecular complexity index is 912. The van der Waals surface area contributed by atoms with Crippen LogP contribution < -0.4 is 0 Å². The van der Waals surface area contributed by atoms with Crippen molar-refractivity contribution >= 4 is 12.6 Å². The molecule has 0 aliphatic carbocycles. The maximum atomic E-state index is 10.9. The minimum Gasteiger partial charge on any atom is -0.394 e. The van der Waals surface area contributed by atoms with Gasteiger partial charge in [0.2, 0.25) is 0 Å². The molecule has 156 valence electrons. The Hall–Kier alpha value is -2.46. The molecule has 7 atom stereocenters. The predicted molar refractivity (Wildman–Crippen MR) is 101 cm³/mol. The molecular weight excluding hydrogens is 392 g/mol. The molecule has 1 N–H and O–H groups in total. The second-order valence-electron chi connectivity index (χ2n) is 7.40. The third-order valence-corrected chi connectivity index (χ3v) is 5.56. The minimum absolute atomic E-state index is 0.247. The average molecular weight is 412 g/mol. The normalized spacial score (nSPS) is 34.9. The third-order valence-electron chi connectivity index (χ3n) is 5.56. The van der Waals surface area contributed by atoms with E-state index in [-0.39, 0.29) is 6.61 Å². The fraction of sp³-hybridized carbons (Fsp3) is 0.364. The molecule has 7 unspecified atom stereocenters. The van der Waals surface area contributed by atoms with Crippen LogP contribution >= 0.6 is 0 Å². The lowest BCUT2D eigenvalue weighted by molar-refractivity contribution is -0.305. The second kappa shape index (κ2) is 7.99. The number of hydrogen-bond donors (Lipinski definition) is 1. The molecule has 8 heteroatoms. The highest BCUT2D eigenvalue weighted by molar-refractivity contribution is 5.75. The minimum atomic E-state index is -0.735. The van der Waals surface area contributed by atoms with E-state index in [9.17, 15) is 14.7 Å². The van der Waals surface area contributed by atoms with E-state index >= 15 is 0 Å². The van der Waals surface area contributed by atoms with E-state index < -0.39 is 43.3 Å². The third kappa shape index (κ3) is 3.37. The molecule has 3 aliphatic heterocycles. The van der Waals surface area contributed by atoms with Gasteiger partial charge in [-0.25, -0.2) is 0 Å². The molecular formula is C22H20O8. The number of aliphatic hydroxyl groups excluding tert-OH is 1. The maximum Gasteiger partial charge on any atom is 0.190 e. The summed E-state index contributed by atoms with van der Waals surface area (Å²) in [6.07, 6.45) is -2.65. The van der Waals surface area contributed by atoms with Gasteiger partial charge in [0.05, 0.1) is 6.61 Å². The van der Waals surface area contributed by atoms with Gasteiger partial charge in [-0.3, -0.25) is 9.59 Å². The van der Waals surface area contributed by atoms with Gasteiger partial charge < -0.3 is 28.8 Å². The average Bonchev–Trinajstić information content (AvgIpc) is 3.37. The SMILES string of the molecule is O=Cc1ccc(C2OC3OC4C(CO)OC(c5ccc(C=O)cc5)OC4C3O2)cc1. The van der Waals surface area contributed by atoms with Crippen molar-refractivity contribution in [3.63, 3.8) is 0 Å². The lowest BCUT2D eigenvalue weighted by Gasteiger charge is -2.38. The molecule has 5 rings (SSSR count). The largest absolute Gasteiger partial charge is 0.394 e. The van der Waals surface area contributed by atoms with Crippen molar-refractivity contribution in [2.45, 2.75) is 43.3 Å². The van der Waals surface area contributed by atoms with Crippen molar-refractivity contribution < 1.29 is 38.4 Å². The van der Waals surface area contributed by atoms with Gasteiger partial charge in [0.25, 0.3) is 0 Å². The number of fused-ring (bicyclic) bond motifs is 3. The molecule has 0 aromatic heterocycles. The van der Waals surface area contributed by atoms with Gasteiger partial charge in [-0.1, -0.05) is 48.5 Å². The zero-order valence-corrected chi connectivity index (χ0v) is 15.8. The summed E-state index contributed by atoms with van der Waals surface area (Å²) < 4.78 is 30.0. The zero-order valence-electron chi connectivity index (χ0n) is 15.8. The number of carbonyl (C=O) groups excluding carboxylic acids is 2. The number of ether oxygens (including phenoxy) is 5. The molecule has 3 heterocycles. The van der Waals surface area contributed by atoms with Gasteiger partial charge in [-0.15, -0.1) is 0 Å². The van der Waals surface area contributed by atoms with Crippen LogP contribution in [0.25, 0.3) is 0 Å². The smallest absolute Gasteiger partial charge is 0.190 e. The Labute approximate surface area is 172 Å². The maximum absolute atomic E-state index is 10.9. The van der Waals surface area contributed by atoms with Gasteiger partial charge in [0.15, 0.2) is 18.9 Å². The topological polar surface area (TPSA) is 101 Å². The number of benzene rings is 2. The first-order valence-electron chi connectivity index (χ1n) is 9.68. The predicted octanol–water partition coefficient (Wildman–Crippen LogP) is 1.93. The van der Waals surface area contributed by atoms with Crippen molar-refractivity contribution in [3.05, 3.63) is 70.8 Å².